The first-order valence-corrected chi connectivity index (χ1v) is 19.1. The molecule has 12 rings (SSSR count). The number of para-hydroxylation sites is 3. The van der Waals surface area contributed by atoms with Crippen LogP contribution in [0.4, 0.5) is 0 Å². The Bertz CT molecular complexity index is 3270. The fraction of sp³-hybridized carbons (Fsp3) is 0.100. The second-order valence-corrected chi connectivity index (χ2v) is 15.7. The molecular weight excluding hydrogens is 673 g/mol. The smallest absolute Gasteiger partial charge is 0.160 e. The number of aromatic nitrogens is 2. The molecule has 0 spiro atoms. The van der Waals surface area contributed by atoms with Gasteiger partial charge in [0.25, 0.3) is 0 Å². The second-order valence-electron chi connectivity index (χ2n) is 15.7. The largest absolute Gasteiger partial charge is 0.456 e. The lowest BCUT2D eigenvalue weighted by Crippen LogP contribution is -2.47. The van der Waals surface area contributed by atoms with Gasteiger partial charge in [0.2, 0.25) is 0 Å². The Morgan fingerprint density at radius 1 is 0.600 bits per heavy atom. The van der Waals surface area contributed by atoms with Gasteiger partial charge in [0.1, 0.15) is 11.2 Å². The highest BCUT2D eigenvalue weighted by Crippen LogP contribution is 2.53. The van der Waals surface area contributed by atoms with Crippen molar-refractivity contribution in [3.05, 3.63) is 180 Å². The van der Waals surface area contributed by atoms with Crippen molar-refractivity contribution < 1.29 is 4.42 Å². The summed E-state index contributed by atoms with van der Waals surface area (Å²) in [5.74, 6) is 0. The van der Waals surface area contributed by atoms with E-state index in [0.29, 0.717) is 0 Å². The number of nitrogens with one attached hydrogen (secondary N) is 2. The summed E-state index contributed by atoms with van der Waals surface area (Å²) in [7, 11) is 0. The van der Waals surface area contributed by atoms with E-state index in [1.54, 1.807) is 0 Å². The van der Waals surface area contributed by atoms with E-state index in [4.69, 9.17) is 9.40 Å². The summed E-state index contributed by atoms with van der Waals surface area (Å²) < 4.78 is 8.79. The fourth-order valence-electron chi connectivity index (χ4n) is 9.67. The van der Waals surface area contributed by atoms with E-state index in [-0.39, 0.29) is 17.7 Å². The van der Waals surface area contributed by atoms with E-state index in [1.165, 1.54) is 66.1 Å². The van der Waals surface area contributed by atoms with Crippen LogP contribution < -0.4 is 10.6 Å². The average Bonchev–Trinajstić information content (AvgIpc) is 3.84. The molecule has 4 heterocycles. The van der Waals surface area contributed by atoms with E-state index in [2.05, 4.69) is 169 Å². The van der Waals surface area contributed by atoms with Crippen molar-refractivity contribution in [2.45, 2.75) is 31.6 Å². The molecule has 0 bridgehead atoms. The summed E-state index contributed by atoms with van der Waals surface area (Å²) in [4.78, 5) is 4.82. The minimum Gasteiger partial charge on any atom is -0.456 e. The van der Waals surface area contributed by atoms with Gasteiger partial charge < -0.3 is 14.3 Å². The van der Waals surface area contributed by atoms with Gasteiger partial charge in [0.15, 0.2) is 6.29 Å². The molecule has 1 aliphatic carbocycles. The fourth-order valence-corrected chi connectivity index (χ4v) is 9.67. The van der Waals surface area contributed by atoms with E-state index in [0.717, 1.165) is 38.4 Å². The molecular formula is C50H36N4O. The molecule has 5 heteroatoms. The lowest BCUT2D eigenvalue weighted by molar-refractivity contribution is 0.319. The van der Waals surface area contributed by atoms with Crippen LogP contribution in [0.15, 0.2) is 168 Å². The van der Waals surface area contributed by atoms with Crippen LogP contribution in [0.5, 0.6) is 0 Å². The van der Waals surface area contributed by atoms with Gasteiger partial charge in [-0.05, 0) is 81.6 Å². The molecule has 262 valence electrons. The van der Waals surface area contributed by atoms with Crippen LogP contribution in [-0.2, 0) is 5.41 Å². The Morgan fingerprint density at radius 2 is 1.36 bits per heavy atom. The van der Waals surface area contributed by atoms with Crippen molar-refractivity contribution in [2.24, 2.45) is 0 Å². The van der Waals surface area contributed by atoms with E-state index < -0.39 is 0 Å². The van der Waals surface area contributed by atoms with Crippen molar-refractivity contribution in [3.8, 4) is 11.1 Å². The molecule has 2 N–H and O–H groups in total. The molecule has 2 unspecified atom stereocenters. The van der Waals surface area contributed by atoms with Crippen LogP contribution in [0.25, 0.3) is 82.1 Å². The Balaban J connectivity index is 1.09. The number of furan rings is 1. The molecule has 0 saturated carbocycles. The molecule has 3 aromatic heterocycles. The van der Waals surface area contributed by atoms with Crippen LogP contribution in [0.1, 0.15) is 42.9 Å². The Morgan fingerprint density at radius 3 is 2.27 bits per heavy atom. The number of allylic oxidation sites excluding steroid dienone is 1. The van der Waals surface area contributed by atoms with Gasteiger partial charge in [0, 0.05) is 55.4 Å². The molecule has 2 atom stereocenters. The van der Waals surface area contributed by atoms with Gasteiger partial charge in [-0.15, -0.1) is 0 Å². The molecule has 2 aliphatic rings. The molecule has 55 heavy (non-hydrogen) atoms. The van der Waals surface area contributed by atoms with E-state index in [9.17, 15) is 0 Å². The van der Waals surface area contributed by atoms with Gasteiger partial charge in [0.05, 0.1) is 22.6 Å². The van der Waals surface area contributed by atoms with Gasteiger partial charge in [-0.2, -0.15) is 0 Å². The van der Waals surface area contributed by atoms with E-state index >= 15 is 0 Å². The minimum atomic E-state index is -0.310. The number of pyridine rings is 1. The molecule has 7 aromatic carbocycles. The quantitative estimate of drug-likeness (QED) is 0.192. The standard InChI is InChI=1S/C50H36N4O/c1-50(2)40-27-32(34-17-9-13-29-14-10-24-51-46(29)34)20-22-37(40)45-47(33-21-23-44-39(26-33)36-16-6-8-19-43(36)55-44)52-49(53-48(45)50)54-41-18-7-5-15-35(41)38-25-30-11-3-4-12-31(30)28-42(38)54/h3-28,47,49,52-53H,1-2H3. The third kappa shape index (κ3) is 4.36. The topological polar surface area (TPSA) is 55.0 Å². The van der Waals surface area contributed by atoms with Crippen LogP contribution in [0.3, 0.4) is 0 Å². The van der Waals surface area contributed by atoms with Crippen molar-refractivity contribution in [1.82, 2.24) is 20.2 Å². The average molecular weight is 709 g/mol. The van der Waals surface area contributed by atoms with Gasteiger partial charge >= 0.3 is 0 Å². The SMILES string of the molecule is CC1(C)C2=C(c3ccc(-c4cccc5cccnc45)cc31)C(c1ccc3oc4ccccc4c3c1)NC(n1c3ccccc3c3cc4ccccc4cc31)N2. The van der Waals surface area contributed by atoms with Crippen LogP contribution in [-0.4, -0.2) is 9.55 Å². The Labute approximate surface area is 317 Å². The molecule has 0 amide bonds. The number of benzene rings is 7. The predicted molar refractivity (Wildman–Crippen MR) is 226 cm³/mol. The Kier molecular flexibility index (Phi) is 6.24. The number of hydrogen-bond acceptors (Lipinski definition) is 4. The Hall–Kier alpha value is -6.69. The monoisotopic (exact) mass is 708 g/mol. The third-order valence-electron chi connectivity index (χ3n) is 12.3. The molecule has 5 nitrogen and oxygen atoms in total. The number of nitrogens with zero attached hydrogens (tertiary/aromatic N) is 2. The maximum Gasteiger partial charge on any atom is 0.160 e. The maximum atomic E-state index is 6.31. The van der Waals surface area contributed by atoms with E-state index in [1.807, 2.05) is 18.3 Å². The highest BCUT2D eigenvalue weighted by molar-refractivity contribution is 6.13. The van der Waals surface area contributed by atoms with Crippen molar-refractivity contribution >= 4 is 71.0 Å². The zero-order valence-electron chi connectivity index (χ0n) is 30.5. The summed E-state index contributed by atoms with van der Waals surface area (Å²) in [5, 5.41) is 16.7. The van der Waals surface area contributed by atoms with Crippen LogP contribution in [0.2, 0.25) is 0 Å². The third-order valence-corrected chi connectivity index (χ3v) is 12.3. The highest BCUT2D eigenvalue weighted by Gasteiger charge is 2.45. The molecule has 0 saturated heterocycles. The number of hydrogen-bond donors (Lipinski definition) is 2. The van der Waals surface area contributed by atoms with Crippen molar-refractivity contribution in [3.63, 3.8) is 0 Å². The first kappa shape index (κ1) is 30.7. The maximum absolute atomic E-state index is 6.31. The highest BCUT2D eigenvalue weighted by atomic mass is 16.3. The summed E-state index contributed by atoms with van der Waals surface area (Å²) in [6.45, 7) is 4.75. The molecule has 1 aliphatic heterocycles. The van der Waals surface area contributed by atoms with Crippen molar-refractivity contribution in [1.29, 1.82) is 0 Å². The summed E-state index contributed by atoms with van der Waals surface area (Å²) in [5.41, 5.74) is 13.6. The lowest BCUT2D eigenvalue weighted by Gasteiger charge is -2.39. The summed E-state index contributed by atoms with van der Waals surface area (Å²) >= 11 is 0. The first-order valence-electron chi connectivity index (χ1n) is 19.1. The second kappa shape index (κ2) is 11.2. The van der Waals surface area contributed by atoms with Crippen LogP contribution >= 0.6 is 0 Å². The minimum absolute atomic E-state index is 0.110. The molecule has 10 aromatic rings. The van der Waals surface area contributed by atoms with Gasteiger partial charge in [-0.3, -0.25) is 10.3 Å². The number of fused-ring (bicyclic) bond motifs is 10. The van der Waals surface area contributed by atoms with Gasteiger partial charge in [-0.1, -0.05) is 117 Å². The zero-order chi connectivity index (χ0) is 36.4. The predicted octanol–water partition coefficient (Wildman–Crippen LogP) is 12.2. The molecule has 0 radical (unpaired) electrons. The first-order chi connectivity index (χ1) is 27.0. The normalized spacial score (nSPS) is 17.8. The summed E-state index contributed by atoms with van der Waals surface area (Å²) in [6.07, 6.45) is 1.65. The zero-order valence-corrected chi connectivity index (χ0v) is 30.5. The lowest BCUT2D eigenvalue weighted by atomic mass is 9.83. The number of rotatable bonds is 3. The molecule has 0 fully saturated rings. The summed E-state index contributed by atoms with van der Waals surface area (Å²) in [6, 6.07) is 54.8. The van der Waals surface area contributed by atoms with Crippen LogP contribution in [0, 0.1) is 0 Å². The van der Waals surface area contributed by atoms with Gasteiger partial charge in [-0.25, -0.2) is 0 Å². The van der Waals surface area contributed by atoms with Crippen molar-refractivity contribution in [2.75, 3.05) is 0 Å².